The second-order valence-electron chi connectivity index (χ2n) is 4.20. The smallest absolute Gasteiger partial charge is 0.255 e. The molecule has 0 bridgehead atoms. The first kappa shape index (κ1) is 12.1. The summed E-state index contributed by atoms with van der Waals surface area (Å²) in [6.45, 7) is 0. The number of pyridine rings is 1. The van der Waals surface area contributed by atoms with Gasteiger partial charge in [-0.2, -0.15) is 5.10 Å². The van der Waals surface area contributed by atoms with Crippen molar-refractivity contribution in [1.82, 2.24) is 14.8 Å². The van der Waals surface area contributed by atoms with E-state index in [4.69, 9.17) is 0 Å². The zero-order chi connectivity index (χ0) is 13.8. The highest BCUT2D eigenvalue weighted by Crippen LogP contribution is 2.12. The van der Waals surface area contributed by atoms with Crippen LogP contribution in [0.5, 0.6) is 0 Å². The molecule has 0 atom stereocenters. The number of anilines is 1. The molecule has 1 aromatic carbocycles. The Labute approximate surface area is 115 Å². The Morgan fingerprint density at radius 3 is 2.55 bits per heavy atom. The van der Waals surface area contributed by atoms with Crippen molar-refractivity contribution in [2.45, 2.75) is 0 Å². The quantitative estimate of drug-likeness (QED) is 0.790. The molecule has 0 aliphatic rings. The molecule has 2 heterocycles. The molecule has 20 heavy (non-hydrogen) atoms. The second-order valence-corrected chi connectivity index (χ2v) is 4.20. The van der Waals surface area contributed by atoms with Crippen LogP contribution in [0.3, 0.4) is 0 Å². The molecule has 1 amide bonds. The molecule has 0 spiro atoms. The highest BCUT2D eigenvalue weighted by atomic mass is 16.1. The van der Waals surface area contributed by atoms with Crippen molar-refractivity contribution in [1.29, 1.82) is 0 Å². The van der Waals surface area contributed by atoms with Gasteiger partial charge in [0.15, 0.2) is 0 Å². The summed E-state index contributed by atoms with van der Waals surface area (Å²) in [5.41, 5.74) is 2.15. The highest BCUT2D eigenvalue weighted by Gasteiger charge is 2.07. The van der Waals surface area contributed by atoms with Crippen LogP contribution in [0, 0.1) is 0 Å². The minimum Gasteiger partial charge on any atom is -0.319 e. The van der Waals surface area contributed by atoms with Gasteiger partial charge in [-0.05, 0) is 24.3 Å². The fraction of sp³-hybridized carbons (Fsp3) is 0. The first-order chi connectivity index (χ1) is 9.83. The molecule has 1 N–H and O–H groups in total. The van der Waals surface area contributed by atoms with E-state index in [0.29, 0.717) is 11.3 Å². The van der Waals surface area contributed by atoms with Gasteiger partial charge in [0, 0.05) is 18.0 Å². The van der Waals surface area contributed by atoms with E-state index >= 15 is 0 Å². The molecule has 3 rings (SSSR count). The van der Waals surface area contributed by atoms with Gasteiger partial charge >= 0.3 is 0 Å². The summed E-state index contributed by atoms with van der Waals surface area (Å²) in [5, 5.41) is 7.02. The molecule has 5 heteroatoms. The van der Waals surface area contributed by atoms with Crippen LogP contribution in [0.4, 0.5) is 5.69 Å². The number of carbonyl (C=O) groups excluding carboxylic acids is 1. The molecule has 0 saturated carbocycles. The van der Waals surface area contributed by atoms with Crippen LogP contribution in [0.15, 0.2) is 67.3 Å². The molecule has 3 aromatic rings. The number of nitrogens with one attached hydrogen (secondary N) is 1. The van der Waals surface area contributed by atoms with Gasteiger partial charge < -0.3 is 5.32 Å². The summed E-state index contributed by atoms with van der Waals surface area (Å²) in [4.78, 5) is 16.0. The predicted octanol–water partition coefficient (Wildman–Crippen LogP) is 2.52. The SMILES string of the molecule is O=C(Nc1cnn(-c2ccncc2)c1)c1ccccc1. The number of amides is 1. The molecular weight excluding hydrogens is 252 g/mol. The fourth-order valence-electron chi connectivity index (χ4n) is 1.82. The Morgan fingerprint density at radius 2 is 1.80 bits per heavy atom. The highest BCUT2D eigenvalue weighted by molar-refractivity contribution is 6.04. The second kappa shape index (κ2) is 5.36. The standard InChI is InChI=1S/C15H12N4O/c20-15(12-4-2-1-3-5-12)18-13-10-17-19(11-13)14-6-8-16-9-7-14/h1-11H,(H,18,20). The van der Waals surface area contributed by atoms with Crippen molar-refractivity contribution in [3.05, 3.63) is 72.8 Å². The number of hydrogen-bond donors (Lipinski definition) is 1. The molecule has 2 aromatic heterocycles. The number of nitrogens with zero attached hydrogens (tertiary/aromatic N) is 3. The van der Waals surface area contributed by atoms with Crippen molar-refractivity contribution < 1.29 is 4.79 Å². The van der Waals surface area contributed by atoms with Crippen molar-refractivity contribution in [3.63, 3.8) is 0 Å². The fourth-order valence-corrected chi connectivity index (χ4v) is 1.82. The van der Waals surface area contributed by atoms with E-state index in [1.807, 2.05) is 30.3 Å². The summed E-state index contributed by atoms with van der Waals surface area (Å²) in [5.74, 6) is -0.153. The van der Waals surface area contributed by atoms with Crippen LogP contribution in [-0.2, 0) is 0 Å². The molecule has 0 radical (unpaired) electrons. The van der Waals surface area contributed by atoms with Crippen molar-refractivity contribution in [2.75, 3.05) is 5.32 Å². The summed E-state index contributed by atoms with van der Waals surface area (Å²) in [6, 6.07) is 12.7. The summed E-state index contributed by atoms with van der Waals surface area (Å²) >= 11 is 0. The average molecular weight is 264 g/mol. The van der Waals surface area contributed by atoms with E-state index in [1.165, 1.54) is 0 Å². The lowest BCUT2D eigenvalue weighted by atomic mass is 10.2. The zero-order valence-corrected chi connectivity index (χ0v) is 10.6. The monoisotopic (exact) mass is 264 g/mol. The third-order valence-corrected chi connectivity index (χ3v) is 2.80. The molecule has 0 unspecified atom stereocenters. The van der Waals surface area contributed by atoms with Gasteiger partial charge in [0.25, 0.3) is 5.91 Å². The maximum Gasteiger partial charge on any atom is 0.255 e. The van der Waals surface area contributed by atoms with Gasteiger partial charge in [-0.25, -0.2) is 4.68 Å². The zero-order valence-electron chi connectivity index (χ0n) is 10.6. The van der Waals surface area contributed by atoms with Gasteiger partial charge in [-0.1, -0.05) is 18.2 Å². The van der Waals surface area contributed by atoms with Crippen LogP contribution in [-0.4, -0.2) is 20.7 Å². The van der Waals surface area contributed by atoms with E-state index in [-0.39, 0.29) is 5.91 Å². The van der Waals surface area contributed by atoms with Gasteiger partial charge in [-0.15, -0.1) is 0 Å². The van der Waals surface area contributed by atoms with Crippen molar-refractivity contribution >= 4 is 11.6 Å². The van der Waals surface area contributed by atoms with Gasteiger partial charge in [0.05, 0.1) is 23.8 Å². The van der Waals surface area contributed by atoms with Gasteiger partial charge in [-0.3, -0.25) is 9.78 Å². The Balaban J connectivity index is 1.77. The topological polar surface area (TPSA) is 59.8 Å². The van der Waals surface area contributed by atoms with Crippen LogP contribution < -0.4 is 5.32 Å². The lowest BCUT2D eigenvalue weighted by molar-refractivity contribution is 0.102. The summed E-state index contributed by atoms with van der Waals surface area (Å²) in [7, 11) is 0. The van der Waals surface area contributed by atoms with E-state index in [1.54, 1.807) is 41.6 Å². The first-order valence-corrected chi connectivity index (χ1v) is 6.14. The predicted molar refractivity (Wildman–Crippen MR) is 75.8 cm³/mol. The summed E-state index contributed by atoms with van der Waals surface area (Å²) in [6.07, 6.45) is 6.76. The lowest BCUT2D eigenvalue weighted by Crippen LogP contribution is -2.10. The van der Waals surface area contributed by atoms with Crippen molar-refractivity contribution in [2.24, 2.45) is 0 Å². The van der Waals surface area contributed by atoms with E-state index in [2.05, 4.69) is 15.4 Å². The van der Waals surface area contributed by atoms with Crippen molar-refractivity contribution in [3.8, 4) is 5.69 Å². The van der Waals surface area contributed by atoms with Gasteiger partial charge in [0.2, 0.25) is 0 Å². The summed E-state index contributed by atoms with van der Waals surface area (Å²) < 4.78 is 1.68. The van der Waals surface area contributed by atoms with E-state index < -0.39 is 0 Å². The molecule has 0 saturated heterocycles. The molecule has 0 aliphatic carbocycles. The Hall–Kier alpha value is -2.95. The molecule has 98 valence electrons. The van der Waals surface area contributed by atoms with Crippen LogP contribution >= 0.6 is 0 Å². The average Bonchev–Trinajstić information content (AvgIpc) is 2.97. The molecule has 0 aliphatic heterocycles. The third kappa shape index (κ3) is 2.56. The minimum atomic E-state index is -0.153. The Kier molecular flexibility index (Phi) is 3.24. The number of carbonyl (C=O) groups is 1. The lowest BCUT2D eigenvalue weighted by Gasteiger charge is -2.02. The maximum absolute atomic E-state index is 12.0. The number of benzene rings is 1. The Morgan fingerprint density at radius 1 is 1.05 bits per heavy atom. The third-order valence-electron chi connectivity index (χ3n) is 2.80. The number of aromatic nitrogens is 3. The van der Waals surface area contributed by atoms with Crippen LogP contribution in [0.25, 0.3) is 5.69 Å². The van der Waals surface area contributed by atoms with Gasteiger partial charge in [0.1, 0.15) is 0 Å². The van der Waals surface area contributed by atoms with Crippen LogP contribution in [0.1, 0.15) is 10.4 Å². The number of hydrogen-bond acceptors (Lipinski definition) is 3. The molecule has 0 fully saturated rings. The number of rotatable bonds is 3. The van der Waals surface area contributed by atoms with Crippen LogP contribution in [0.2, 0.25) is 0 Å². The Bertz CT molecular complexity index is 707. The first-order valence-electron chi connectivity index (χ1n) is 6.14. The molecule has 5 nitrogen and oxygen atoms in total. The minimum absolute atomic E-state index is 0.153. The van der Waals surface area contributed by atoms with E-state index in [0.717, 1.165) is 5.69 Å². The normalized spacial score (nSPS) is 10.2. The molecular formula is C15H12N4O. The largest absolute Gasteiger partial charge is 0.319 e. The maximum atomic E-state index is 12.0. The van der Waals surface area contributed by atoms with E-state index in [9.17, 15) is 4.79 Å².